The Morgan fingerprint density at radius 1 is 1.59 bits per heavy atom. The number of hydrogen-bond donors (Lipinski definition) is 2. The van der Waals surface area contributed by atoms with E-state index >= 15 is 0 Å². The molecule has 2 rings (SSSR count). The maximum atomic E-state index is 11.1. The lowest BCUT2D eigenvalue weighted by Gasteiger charge is -2.17. The van der Waals surface area contributed by atoms with Gasteiger partial charge in [-0.15, -0.1) is 0 Å². The van der Waals surface area contributed by atoms with Crippen LogP contribution in [0.4, 0.5) is 5.69 Å². The van der Waals surface area contributed by atoms with Crippen molar-refractivity contribution in [2.75, 3.05) is 25.9 Å². The van der Waals surface area contributed by atoms with E-state index in [1.54, 1.807) is 12.1 Å². The Balaban J connectivity index is 2.22. The fourth-order valence-corrected chi connectivity index (χ4v) is 2.01. The van der Waals surface area contributed by atoms with Crippen LogP contribution in [0, 0.1) is 0 Å². The van der Waals surface area contributed by atoms with Crippen LogP contribution in [0.2, 0.25) is 0 Å². The van der Waals surface area contributed by atoms with E-state index in [-0.39, 0.29) is 11.7 Å². The third-order valence-corrected chi connectivity index (χ3v) is 2.91. The molecule has 0 spiro atoms. The Morgan fingerprint density at radius 3 is 2.94 bits per heavy atom. The summed E-state index contributed by atoms with van der Waals surface area (Å²) in [4.78, 5) is 13.2. The van der Waals surface area contributed by atoms with Crippen molar-refractivity contribution in [3.8, 4) is 5.75 Å². The van der Waals surface area contributed by atoms with Crippen LogP contribution in [-0.2, 0) is 0 Å². The van der Waals surface area contributed by atoms with Gasteiger partial charge in [-0.3, -0.25) is 0 Å². The fraction of sp³-hybridized carbons (Fsp3) is 0.417. The second-order valence-corrected chi connectivity index (χ2v) is 4.32. The molecule has 1 atom stereocenters. The molecule has 0 aliphatic carbocycles. The summed E-state index contributed by atoms with van der Waals surface area (Å²) >= 11 is 0. The highest BCUT2D eigenvalue weighted by Crippen LogP contribution is 2.29. The van der Waals surface area contributed by atoms with Crippen molar-refractivity contribution in [3.63, 3.8) is 0 Å². The highest BCUT2D eigenvalue weighted by molar-refractivity contribution is 5.93. The molecule has 1 aromatic carbocycles. The standard InChI is InChI=1S/C12H16N2O3/c1-14-6-5-8(7-14)17-11-9(12(15)16)3-2-4-10(11)13/h2-4,8H,5-7,13H2,1H3,(H,15,16). The molecule has 0 radical (unpaired) electrons. The minimum Gasteiger partial charge on any atom is -0.486 e. The number of rotatable bonds is 3. The van der Waals surface area contributed by atoms with Gasteiger partial charge in [-0.1, -0.05) is 6.07 Å². The van der Waals surface area contributed by atoms with Gasteiger partial charge in [0.15, 0.2) is 5.75 Å². The molecular formula is C12H16N2O3. The minimum absolute atomic E-state index is 0.0165. The lowest BCUT2D eigenvalue weighted by molar-refractivity contribution is 0.0689. The fourth-order valence-electron chi connectivity index (χ4n) is 2.01. The van der Waals surface area contributed by atoms with Gasteiger partial charge >= 0.3 is 5.97 Å². The Bertz CT molecular complexity index is 434. The van der Waals surface area contributed by atoms with E-state index in [2.05, 4.69) is 4.90 Å². The van der Waals surface area contributed by atoms with E-state index in [1.165, 1.54) is 6.07 Å². The first-order valence-electron chi connectivity index (χ1n) is 5.55. The third kappa shape index (κ3) is 2.50. The van der Waals surface area contributed by atoms with Gasteiger partial charge in [0.25, 0.3) is 0 Å². The lowest BCUT2D eigenvalue weighted by atomic mass is 10.1. The van der Waals surface area contributed by atoms with Gasteiger partial charge in [-0.25, -0.2) is 4.79 Å². The first kappa shape index (κ1) is 11.7. The van der Waals surface area contributed by atoms with Crippen molar-refractivity contribution >= 4 is 11.7 Å². The quantitative estimate of drug-likeness (QED) is 0.767. The zero-order valence-corrected chi connectivity index (χ0v) is 9.72. The lowest BCUT2D eigenvalue weighted by Crippen LogP contribution is -2.22. The van der Waals surface area contributed by atoms with Crippen molar-refractivity contribution in [2.24, 2.45) is 0 Å². The zero-order chi connectivity index (χ0) is 12.4. The SMILES string of the molecule is CN1CCC(Oc2c(N)cccc2C(=O)O)C1. The van der Waals surface area contributed by atoms with Crippen LogP contribution in [0.25, 0.3) is 0 Å². The van der Waals surface area contributed by atoms with Gasteiger partial charge < -0.3 is 20.5 Å². The normalized spacial score (nSPS) is 20.4. The van der Waals surface area contributed by atoms with Gasteiger partial charge in [-0.05, 0) is 25.6 Å². The van der Waals surface area contributed by atoms with Crippen molar-refractivity contribution in [2.45, 2.75) is 12.5 Å². The molecule has 0 amide bonds. The van der Waals surface area contributed by atoms with Crippen molar-refractivity contribution in [1.29, 1.82) is 0 Å². The third-order valence-electron chi connectivity index (χ3n) is 2.91. The summed E-state index contributed by atoms with van der Waals surface area (Å²) in [6.07, 6.45) is 0.909. The molecule has 1 unspecified atom stereocenters. The molecule has 5 nitrogen and oxygen atoms in total. The van der Waals surface area contributed by atoms with Gasteiger partial charge in [0.05, 0.1) is 5.69 Å². The molecule has 1 aromatic rings. The summed E-state index contributed by atoms with van der Waals surface area (Å²) in [7, 11) is 2.01. The molecule has 3 N–H and O–H groups in total. The number of anilines is 1. The van der Waals surface area contributed by atoms with Crippen molar-refractivity contribution < 1.29 is 14.6 Å². The maximum Gasteiger partial charge on any atom is 0.339 e. The number of hydrogen-bond acceptors (Lipinski definition) is 4. The van der Waals surface area contributed by atoms with Crippen molar-refractivity contribution in [1.82, 2.24) is 4.90 Å². The highest BCUT2D eigenvalue weighted by atomic mass is 16.5. The number of nitrogen functional groups attached to an aromatic ring is 1. The molecule has 0 aromatic heterocycles. The first-order valence-corrected chi connectivity index (χ1v) is 5.55. The van der Waals surface area contributed by atoms with Crippen LogP contribution in [-0.4, -0.2) is 42.2 Å². The van der Waals surface area contributed by atoms with Gasteiger partial charge in [-0.2, -0.15) is 0 Å². The Morgan fingerprint density at radius 2 is 2.35 bits per heavy atom. The van der Waals surface area contributed by atoms with E-state index < -0.39 is 5.97 Å². The number of aromatic carboxylic acids is 1. The summed E-state index contributed by atoms with van der Waals surface area (Å²) in [5.41, 5.74) is 6.27. The number of nitrogens with two attached hydrogens (primary N) is 1. The summed E-state index contributed by atoms with van der Waals surface area (Å²) in [5.74, 6) is -0.723. The zero-order valence-electron chi connectivity index (χ0n) is 9.72. The average Bonchev–Trinajstić information content (AvgIpc) is 2.67. The summed E-state index contributed by atoms with van der Waals surface area (Å²) < 4.78 is 5.72. The molecule has 1 heterocycles. The van der Waals surface area contributed by atoms with E-state index in [9.17, 15) is 4.79 Å². The topological polar surface area (TPSA) is 75.8 Å². The molecule has 17 heavy (non-hydrogen) atoms. The molecule has 0 bridgehead atoms. The molecule has 1 fully saturated rings. The molecule has 1 aliphatic heterocycles. The molecule has 1 aliphatic rings. The number of nitrogens with zero attached hydrogens (tertiary/aromatic N) is 1. The second-order valence-electron chi connectivity index (χ2n) is 4.32. The highest BCUT2D eigenvalue weighted by Gasteiger charge is 2.24. The van der Waals surface area contributed by atoms with Crippen LogP contribution < -0.4 is 10.5 Å². The van der Waals surface area contributed by atoms with Crippen LogP contribution >= 0.6 is 0 Å². The largest absolute Gasteiger partial charge is 0.486 e. The number of carboxylic acid groups (broad SMARTS) is 1. The monoisotopic (exact) mass is 236 g/mol. The smallest absolute Gasteiger partial charge is 0.339 e. The Labute approximate surface area is 99.8 Å². The van der Waals surface area contributed by atoms with Gasteiger partial charge in [0.2, 0.25) is 0 Å². The molecule has 1 saturated heterocycles. The number of carboxylic acids is 1. The van der Waals surface area contributed by atoms with Crippen molar-refractivity contribution in [3.05, 3.63) is 23.8 Å². The molecule has 5 heteroatoms. The number of carbonyl (C=O) groups is 1. The molecule has 92 valence electrons. The Kier molecular flexibility index (Phi) is 3.19. The second kappa shape index (κ2) is 4.63. The first-order chi connectivity index (χ1) is 8.08. The Hall–Kier alpha value is -1.75. The number of para-hydroxylation sites is 1. The van der Waals surface area contributed by atoms with Crippen LogP contribution in [0.3, 0.4) is 0 Å². The van der Waals surface area contributed by atoms with E-state index in [1.807, 2.05) is 7.05 Å². The average molecular weight is 236 g/mol. The van der Waals surface area contributed by atoms with E-state index in [0.717, 1.165) is 19.5 Å². The summed E-state index contributed by atoms with van der Waals surface area (Å²) in [5, 5.41) is 9.07. The summed E-state index contributed by atoms with van der Waals surface area (Å²) in [6, 6.07) is 4.78. The van der Waals surface area contributed by atoms with E-state index in [4.69, 9.17) is 15.6 Å². The number of benzene rings is 1. The van der Waals surface area contributed by atoms with Gasteiger partial charge in [0.1, 0.15) is 11.7 Å². The molecule has 0 saturated carbocycles. The van der Waals surface area contributed by atoms with Crippen LogP contribution in [0.1, 0.15) is 16.8 Å². The summed E-state index contributed by atoms with van der Waals surface area (Å²) in [6.45, 7) is 1.76. The molecular weight excluding hydrogens is 220 g/mol. The number of likely N-dealkylation sites (tertiary alicyclic amines) is 1. The maximum absolute atomic E-state index is 11.1. The van der Waals surface area contributed by atoms with Gasteiger partial charge in [0, 0.05) is 13.1 Å². The number of ether oxygens (including phenoxy) is 1. The van der Waals surface area contributed by atoms with Crippen LogP contribution in [0.15, 0.2) is 18.2 Å². The van der Waals surface area contributed by atoms with E-state index in [0.29, 0.717) is 11.4 Å². The minimum atomic E-state index is -1.02. The predicted molar refractivity (Wildman–Crippen MR) is 64.3 cm³/mol. The number of likely N-dealkylation sites (N-methyl/N-ethyl adjacent to an activating group) is 1. The predicted octanol–water partition coefficient (Wildman–Crippen LogP) is 1.05. The van der Waals surface area contributed by atoms with Crippen LogP contribution in [0.5, 0.6) is 5.75 Å².